The van der Waals surface area contributed by atoms with Crippen molar-refractivity contribution in [2.24, 2.45) is 5.92 Å². The van der Waals surface area contributed by atoms with Crippen LogP contribution in [-0.2, 0) is 0 Å². The second kappa shape index (κ2) is 11.3. The molecule has 2 atom stereocenters. The van der Waals surface area contributed by atoms with Crippen LogP contribution in [0.2, 0.25) is 0 Å². The molecule has 0 radical (unpaired) electrons. The fraction of sp³-hybridized carbons (Fsp3) is 0.182. The normalized spacial score (nSPS) is 17.6. The molecular formula is C33H33N3O. The minimum atomic E-state index is -0.261. The van der Waals surface area contributed by atoms with Gasteiger partial charge < -0.3 is 4.90 Å². The maximum Gasteiger partial charge on any atom is 0.168 e. The molecule has 2 unspecified atom stereocenters. The Morgan fingerprint density at radius 3 is 1.92 bits per heavy atom. The highest BCUT2D eigenvalue weighted by Gasteiger charge is 2.41. The highest BCUT2D eigenvalue weighted by Crippen LogP contribution is 2.44. The Hall–Kier alpha value is -4.15. The first-order valence-electron chi connectivity index (χ1n) is 12.8. The lowest BCUT2D eigenvalue weighted by Gasteiger charge is -2.44. The van der Waals surface area contributed by atoms with E-state index in [-0.39, 0.29) is 17.6 Å². The Labute approximate surface area is 219 Å². The SMILES string of the molecule is CN(C)CC1=C(c2ccccc2)N(Nc2ccccc2)CC(C(=O)c2ccccc2)C1c1ccccc1. The van der Waals surface area contributed by atoms with Gasteiger partial charge in [0.15, 0.2) is 5.78 Å². The number of carbonyl (C=O) groups excluding carboxylic acids is 1. The predicted octanol–water partition coefficient (Wildman–Crippen LogP) is 6.58. The van der Waals surface area contributed by atoms with Gasteiger partial charge in [0.25, 0.3) is 0 Å². The van der Waals surface area contributed by atoms with Crippen molar-refractivity contribution in [2.75, 3.05) is 32.6 Å². The Morgan fingerprint density at radius 2 is 1.32 bits per heavy atom. The summed E-state index contributed by atoms with van der Waals surface area (Å²) in [5.74, 6) is -0.151. The zero-order valence-electron chi connectivity index (χ0n) is 21.4. The number of nitrogens with zero attached hydrogens (tertiary/aromatic N) is 2. The molecule has 4 nitrogen and oxygen atoms in total. The molecule has 0 aliphatic carbocycles. The number of hydrogen-bond acceptors (Lipinski definition) is 4. The Balaban J connectivity index is 1.73. The van der Waals surface area contributed by atoms with Gasteiger partial charge in [0.1, 0.15) is 0 Å². The van der Waals surface area contributed by atoms with Gasteiger partial charge in [0.2, 0.25) is 0 Å². The van der Waals surface area contributed by atoms with E-state index >= 15 is 0 Å². The van der Waals surface area contributed by atoms with E-state index < -0.39 is 0 Å². The summed E-state index contributed by atoms with van der Waals surface area (Å²) in [7, 11) is 4.19. The summed E-state index contributed by atoms with van der Waals surface area (Å²) >= 11 is 0. The smallest absolute Gasteiger partial charge is 0.168 e. The lowest BCUT2D eigenvalue weighted by atomic mass is 9.73. The van der Waals surface area contributed by atoms with Crippen LogP contribution in [0.15, 0.2) is 127 Å². The van der Waals surface area contributed by atoms with Crippen LogP contribution in [0.1, 0.15) is 27.4 Å². The van der Waals surface area contributed by atoms with Crippen LogP contribution < -0.4 is 5.43 Å². The quantitative estimate of drug-likeness (QED) is 0.285. The van der Waals surface area contributed by atoms with E-state index in [4.69, 9.17) is 0 Å². The number of hydrazine groups is 1. The van der Waals surface area contributed by atoms with Gasteiger partial charge in [0.05, 0.1) is 23.8 Å². The van der Waals surface area contributed by atoms with E-state index in [0.29, 0.717) is 6.54 Å². The molecule has 5 rings (SSSR count). The van der Waals surface area contributed by atoms with Crippen LogP contribution in [0.25, 0.3) is 5.70 Å². The summed E-state index contributed by atoms with van der Waals surface area (Å²) < 4.78 is 0. The molecular weight excluding hydrogens is 454 g/mol. The van der Waals surface area contributed by atoms with E-state index in [1.54, 1.807) is 0 Å². The standard InChI is InChI=1S/C33H33N3O/c1-35(2)23-29-31(25-15-7-3-8-16-25)30(33(37)27-19-11-5-12-20-27)24-36(34-28-21-13-6-14-22-28)32(29)26-17-9-4-10-18-26/h3-22,30-31,34H,23-24H2,1-2H3. The van der Waals surface area contributed by atoms with Crippen LogP contribution in [0, 0.1) is 5.92 Å². The Kier molecular flexibility index (Phi) is 7.48. The van der Waals surface area contributed by atoms with Crippen molar-refractivity contribution in [1.29, 1.82) is 0 Å². The zero-order chi connectivity index (χ0) is 25.6. The number of likely N-dealkylation sites (N-methyl/N-ethyl adjacent to an activating group) is 1. The summed E-state index contributed by atoms with van der Waals surface area (Å²) in [6.45, 7) is 1.28. The Bertz CT molecular complexity index is 1340. The van der Waals surface area contributed by atoms with E-state index in [1.165, 1.54) is 11.1 Å². The average molecular weight is 488 g/mol. The van der Waals surface area contributed by atoms with Crippen molar-refractivity contribution < 1.29 is 4.79 Å². The summed E-state index contributed by atoms with van der Waals surface area (Å²) in [5.41, 5.74) is 10.0. The minimum absolute atomic E-state index is 0.0552. The summed E-state index contributed by atoms with van der Waals surface area (Å²) in [6, 6.07) is 40.9. The first-order chi connectivity index (χ1) is 18.1. The molecule has 0 amide bonds. The molecule has 37 heavy (non-hydrogen) atoms. The third kappa shape index (κ3) is 5.50. The number of hydrogen-bond donors (Lipinski definition) is 1. The summed E-state index contributed by atoms with van der Waals surface area (Å²) in [5, 5.41) is 2.19. The van der Waals surface area contributed by atoms with Crippen molar-refractivity contribution in [3.05, 3.63) is 144 Å². The van der Waals surface area contributed by atoms with Gasteiger partial charge in [-0.05, 0) is 42.9 Å². The van der Waals surface area contributed by atoms with Crippen molar-refractivity contribution in [3.8, 4) is 0 Å². The van der Waals surface area contributed by atoms with E-state index in [1.807, 2.05) is 60.7 Å². The summed E-state index contributed by atoms with van der Waals surface area (Å²) in [6.07, 6.45) is 0. The molecule has 1 aliphatic rings. The fourth-order valence-electron chi connectivity index (χ4n) is 5.32. The molecule has 0 aromatic heterocycles. The molecule has 0 spiro atoms. The van der Waals surface area contributed by atoms with Gasteiger partial charge in [-0.3, -0.25) is 15.2 Å². The maximum atomic E-state index is 14.2. The highest BCUT2D eigenvalue weighted by atomic mass is 16.1. The van der Waals surface area contributed by atoms with Gasteiger partial charge in [-0.15, -0.1) is 0 Å². The van der Waals surface area contributed by atoms with Crippen molar-refractivity contribution in [3.63, 3.8) is 0 Å². The number of anilines is 1. The predicted molar refractivity (Wildman–Crippen MR) is 152 cm³/mol. The van der Waals surface area contributed by atoms with Gasteiger partial charge in [-0.25, -0.2) is 0 Å². The molecule has 0 bridgehead atoms. The largest absolute Gasteiger partial charge is 0.305 e. The molecule has 1 heterocycles. The summed E-state index contributed by atoms with van der Waals surface area (Å²) in [4.78, 5) is 16.4. The highest BCUT2D eigenvalue weighted by molar-refractivity contribution is 5.99. The number of carbonyl (C=O) groups is 1. The van der Waals surface area contributed by atoms with E-state index in [2.05, 4.69) is 90.1 Å². The van der Waals surface area contributed by atoms with Gasteiger partial charge in [-0.2, -0.15) is 0 Å². The van der Waals surface area contributed by atoms with Gasteiger partial charge in [-0.1, -0.05) is 109 Å². The number of para-hydroxylation sites is 1. The topological polar surface area (TPSA) is 35.6 Å². The molecule has 186 valence electrons. The maximum absolute atomic E-state index is 14.2. The first kappa shape index (κ1) is 24.5. The van der Waals surface area contributed by atoms with Gasteiger partial charge >= 0.3 is 0 Å². The lowest BCUT2D eigenvalue weighted by Crippen LogP contribution is -2.45. The molecule has 1 aliphatic heterocycles. The lowest BCUT2D eigenvalue weighted by molar-refractivity contribution is 0.0878. The van der Waals surface area contributed by atoms with Crippen LogP contribution in [0.5, 0.6) is 0 Å². The number of benzene rings is 4. The molecule has 1 N–H and O–H groups in total. The molecule has 0 fully saturated rings. The monoisotopic (exact) mass is 487 g/mol. The molecule has 4 aromatic carbocycles. The second-order valence-electron chi connectivity index (χ2n) is 9.79. The third-order valence-electron chi connectivity index (χ3n) is 6.86. The van der Waals surface area contributed by atoms with Crippen LogP contribution in [-0.4, -0.2) is 42.9 Å². The Morgan fingerprint density at radius 1 is 0.784 bits per heavy atom. The molecule has 4 aromatic rings. The fourth-order valence-corrected chi connectivity index (χ4v) is 5.32. The number of rotatable bonds is 8. The van der Waals surface area contributed by atoms with Crippen molar-refractivity contribution in [1.82, 2.24) is 9.91 Å². The van der Waals surface area contributed by atoms with Crippen LogP contribution in [0.4, 0.5) is 5.69 Å². The van der Waals surface area contributed by atoms with Crippen LogP contribution in [0.3, 0.4) is 0 Å². The van der Waals surface area contributed by atoms with Crippen molar-refractivity contribution in [2.45, 2.75) is 5.92 Å². The molecule has 0 saturated carbocycles. The molecule has 0 saturated heterocycles. The zero-order valence-corrected chi connectivity index (χ0v) is 21.4. The van der Waals surface area contributed by atoms with Gasteiger partial charge in [0, 0.05) is 18.0 Å². The second-order valence-corrected chi connectivity index (χ2v) is 9.79. The first-order valence-corrected chi connectivity index (χ1v) is 12.8. The third-order valence-corrected chi connectivity index (χ3v) is 6.86. The number of nitrogens with one attached hydrogen (secondary N) is 1. The number of ketones is 1. The van der Waals surface area contributed by atoms with E-state index in [0.717, 1.165) is 29.1 Å². The molecule has 4 heteroatoms. The van der Waals surface area contributed by atoms with Crippen LogP contribution >= 0.6 is 0 Å². The van der Waals surface area contributed by atoms with Crippen molar-refractivity contribution >= 4 is 17.2 Å². The minimum Gasteiger partial charge on any atom is -0.305 e. The average Bonchev–Trinajstić information content (AvgIpc) is 2.94. The number of Topliss-reactive ketones (excluding diaryl/α,β-unsaturated/α-hetero) is 1. The van der Waals surface area contributed by atoms with E-state index in [9.17, 15) is 4.79 Å².